The van der Waals surface area contributed by atoms with Gasteiger partial charge in [-0.3, -0.25) is 19.2 Å². The van der Waals surface area contributed by atoms with Crippen molar-refractivity contribution in [1.82, 2.24) is 15.2 Å². The molecule has 2 unspecified atom stereocenters. The Morgan fingerprint density at radius 1 is 1.39 bits per heavy atom. The van der Waals surface area contributed by atoms with Crippen LogP contribution in [0.5, 0.6) is 0 Å². The van der Waals surface area contributed by atoms with E-state index in [4.69, 9.17) is 9.57 Å². The number of aromatic nitrogens is 1. The van der Waals surface area contributed by atoms with Gasteiger partial charge in [0.15, 0.2) is 10.8 Å². The quantitative estimate of drug-likeness (QED) is 0.125. The van der Waals surface area contributed by atoms with Crippen molar-refractivity contribution in [2.24, 2.45) is 10.6 Å². The Morgan fingerprint density at radius 3 is 2.72 bits per heavy atom. The molecule has 2 aliphatic heterocycles. The van der Waals surface area contributed by atoms with E-state index in [1.807, 2.05) is 0 Å². The van der Waals surface area contributed by atoms with Gasteiger partial charge in [0.2, 0.25) is 18.9 Å². The minimum absolute atomic E-state index is 0.0573. The molecule has 0 radical (unpaired) electrons. The van der Waals surface area contributed by atoms with E-state index in [1.165, 1.54) is 22.0 Å². The summed E-state index contributed by atoms with van der Waals surface area (Å²) in [6.45, 7) is 6.32. The molecule has 2 aliphatic rings. The third-order valence-electron chi connectivity index (χ3n) is 5.46. The maximum atomic E-state index is 13.1. The Hall–Kier alpha value is -3.20. The number of amides is 3. The smallest absolute Gasteiger partial charge is 0.347 e. The largest absolute Gasteiger partial charge is 0.481 e. The SMILES string of the molecule is CCC1(C(=O)O)CS[C@@H]2C(NC(=O)C(=NOCC(=O)OC(C)(C)C)c3csc(NC=O)n3)C(=O)N2C1. The number of β-lactam (4-membered cyclic amide) rings is 1. The first kappa shape index (κ1) is 27.4. The lowest BCUT2D eigenvalue weighted by Gasteiger charge is -2.53. The molecule has 36 heavy (non-hydrogen) atoms. The molecule has 2 fully saturated rings. The number of hydrogen-bond acceptors (Lipinski definition) is 11. The van der Waals surface area contributed by atoms with Crippen LogP contribution in [-0.2, 0) is 33.5 Å². The van der Waals surface area contributed by atoms with Gasteiger partial charge in [0.1, 0.15) is 22.7 Å². The van der Waals surface area contributed by atoms with E-state index in [0.717, 1.165) is 11.3 Å². The van der Waals surface area contributed by atoms with Gasteiger partial charge in [-0.15, -0.1) is 23.1 Å². The lowest BCUT2D eigenvalue weighted by Crippen LogP contribution is -2.74. The first-order valence-electron chi connectivity index (χ1n) is 10.9. The lowest BCUT2D eigenvalue weighted by molar-refractivity contribution is -0.160. The predicted molar refractivity (Wildman–Crippen MR) is 130 cm³/mol. The molecule has 3 atom stereocenters. The molecule has 3 heterocycles. The van der Waals surface area contributed by atoms with Gasteiger partial charge in [-0.1, -0.05) is 12.1 Å². The number of carboxylic acids is 1. The van der Waals surface area contributed by atoms with Crippen molar-refractivity contribution in [3.05, 3.63) is 11.1 Å². The highest BCUT2D eigenvalue weighted by molar-refractivity contribution is 8.00. The second-order valence-corrected chi connectivity index (χ2v) is 11.1. The van der Waals surface area contributed by atoms with Gasteiger partial charge in [-0.05, 0) is 27.2 Å². The van der Waals surface area contributed by atoms with Crippen LogP contribution in [0.25, 0.3) is 0 Å². The number of carbonyl (C=O) groups is 5. The minimum atomic E-state index is -1.03. The molecule has 3 amide bonds. The van der Waals surface area contributed by atoms with Crippen LogP contribution in [0.3, 0.4) is 0 Å². The molecular formula is C21H27N5O8S2. The second-order valence-electron chi connectivity index (χ2n) is 9.16. The van der Waals surface area contributed by atoms with Gasteiger partial charge >= 0.3 is 11.9 Å². The van der Waals surface area contributed by atoms with Crippen LogP contribution in [0.1, 0.15) is 39.8 Å². The number of thiazole rings is 1. The number of oxime groups is 1. The highest BCUT2D eigenvalue weighted by atomic mass is 32.2. The summed E-state index contributed by atoms with van der Waals surface area (Å²) < 4.78 is 5.14. The van der Waals surface area contributed by atoms with Gasteiger partial charge in [-0.2, -0.15) is 0 Å². The van der Waals surface area contributed by atoms with Crippen LogP contribution in [0.4, 0.5) is 5.13 Å². The lowest BCUT2D eigenvalue weighted by atomic mass is 9.84. The van der Waals surface area contributed by atoms with Gasteiger partial charge in [0, 0.05) is 17.7 Å². The van der Waals surface area contributed by atoms with E-state index < -0.39 is 52.8 Å². The molecule has 3 N–H and O–H groups in total. The van der Waals surface area contributed by atoms with E-state index in [0.29, 0.717) is 18.6 Å². The van der Waals surface area contributed by atoms with Crippen molar-refractivity contribution < 1.29 is 38.7 Å². The van der Waals surface area contributed by atoms with Crippen LogP contribution in [-0.4, -0.2) is 86.8 Å². The Labute approximate surface area is 215 Å². The second kappa shape index (κ2) is 10.8. The molecule has 1 aromatic heterocycles. The summed E-state index contributed by atoms with van der Waals surface area (Å²) in [6.07, 6.45) is 0.795. The summed E-state index contributed by atoms with van der Waals surface area (Å²) in [5, 5.41) is 19.6. The normalized spacial score (nSPS) is 23.7. The predicted octanol–water partition coefficient (Wildman–Crippen LogP) is 0.655. The Bertz CT molecular complexity index is 1080. The van der Waals surface area contributed by atoms with Gasteiger partial charge < -0.3 is 30.2 Å². The number of carboxylic acid groups (broad SMARTS) is 1. The van der Waals surface area contributed by atoms with Crippen molar-refractivity contribution >= 4 is 64.1 Å². The van der Waals surface area contributed by atoms with E-state index >= 15 is 0 Å². The summed E-state index contributed by atoms with van der Waals surface area (Å²) in [6, 6.07) is -0.895. The number of thioether (sulfide) groups is 1. The average Bonchev–Trinajstić information content (AvgIpc) is 3.26. The number of fused-ring (bicyclic) bond motifs is 1. The van der Waals surface area contributed by atoms with Gasteiger partial charge in [0.25, 0.3) is 5.91 Å². The molecule has 15 heteroatoms. The monoisotopic (exact) mass is 541 g/mol. The standard InChI is InChI=1S/C21H27N5O8S2/c1-5-21(18(31)32)8-26-16(30)14(17(26)36-9-21)24-15(29)13(11-7-35-19(23-11)22-10-27)25-33-6-12(28)34-20(2,3)4/h7,10,14,17H,5-6,8-9H2,1-4H3,(H,24,29)(H,31,32)(H,22,23,27)/t14?,17-,21?/m1/s1. The summed E-state index contributed by atoms with van der Waals surface area (Å²) in [4.78, 5) is 70.8. The van der Waals surface area contributed by atoms with E-state index in [1.54, 1.807) is 27.7 Å². The fourth-order valence-electron chi connectivity index (χ4n) is 3.56. The summed E-state index contributed by atoms with van der Waals surface area (Å²) >= 11 is 2.32. The Morgan fingerprint density at radius 2 is 2.11 bits per heavy atom. The third kappa shape index (κ3) is 5.95. The van der Waals surface area contributed by atoms with Crippen LogP contribution in [0, 0.1) is 5.41 Å². The average molecular weight is 542 g/mol. The number of ether oxygens (including phenoxy) is 1. The van der Waals surface area contributed by atoms with Crippen LogP contribution in [0.2, 0.25) is 0 Å². The van der Waals surface area contributed by atoms with E-state index in [2.05, 4.69) is 20.8 Å². The Kier molecular flexibility index (Phi) is 8.23. The van der Waals surface area contributed by atoms with Crippen molar-refractivity contribution in [2.45, 2.75) is 51.1 Å². The fourth-order valence-corrected chi connectivity index (χ4v) is 5.85. The van der Waals surface area contributed by atoms with Crippen LogP contribution < -0.4 is 10.6 Å². The number of hydrogen-bond donors (Lipinski definition) is 3. The minimum Gasteiger partial charge on any atom is -0.481 e. The fraction of sp³-hybridized carbons (Fsp3) is 0.571. The first-order valence-corrected chi connectivity index (χ1v) is 12.9. The maximum Gasteiger partial charge on any atom is 0.347 e. The molecule has 0 bridgehead atoms. The third-order valence-corrected chi connectivity index (χ3v) is 7.83. The first-order chi connectivity index (χ1) is 16.9. The molecule has 0 aliphatic carbocycles. The number of nitrogens with one attached hydrogen (secondary N) is 2. The molecule has 2 saturated heterocycles. The zero-order valence-corrected chi connectivity index (χ0v) is 21.7. The van der Waals surface area contributed by atoms with Crippen LogP contribution in [0.15, 0.2) is 10.5 Å². The van der Waals surface area contributed by atoms with E-state index in [9.17, 15) is 29.1 Å². The summed E-state index contributed by atoms with van der Waals surface area (Å²) in [5.74, 6) is -2.56. The van der Waals surface area contributed by atoms with Crippen molar-refractivity contribution in [1.29, 1.82) is 0 Å². The molecule has 13 nitrogen and oxygen atoms in total. The molecule has 0 aromatic carbocycles. The number of carbonyl (C=O) groups excluding carboxylic acids is 4. The van der Waals surface area contributed by atoms with Crippen molar-refractivity contribution in [3.8, 4) is 0 Å². The topological polar surface area (TPSA) is 177 Å². The number of nitrogens with zero attached hydrogens (tertiary/aromatic N) is 3. The molecule has 3 rings (SSSR count). The molecule has 0 saturated carbocycles. The highest BCUT2D eigenvalue weighted by Crippen LogP contribution is 2.43. The molecule has 0 spiro atoms. The number of rotatable bonds is 10. The molecular weight excluding hydrogens is 514 g/mol. The molecule has 1 aromatic rings. The Balaban J connectivity index is 1.73. The van der Waals surface area contributed by atoms with Crippen molar-refractivity contribution in [3.63, 3.8) is 0 Å². The van der Waals surface area contributed by atoms with Crippen molar-refractivity contribution in [2.75, 3.05) is 24.2 Å². The zero-order valence-electron chi connectivity index (χ0n) is 20.1. The number of anilines is 1. The van der Waals surface area contributed by atoms with E-state index in [-0.39, 0.29) is 23.1 Å². The number of aliphatic carboxylic acids is 1. The highest BCUT2D eigenvalue weighted by Gasteiger charge is 2.57. The van der Waals surface area contributed by atoms with Crippen LogP contribution >= 0.6 is 23.1 Å². The summed E-state index contributed by atoms with van der Waals surface area (Å²) in [5.41, 5.74) is -2.02. The van der Waals surface area contributed by atoms with Gasteiger partial charge in [-0.25, -0.2) is 9.78 Å². The summed E-state index contributed by atoms with van der Waals surface area (Å²) in [7, 11) is 0. The molecule has 196 valence electrons. The maximum absolute atomic E-state index is 13.1. The zero-order chi connectivity index (χ0) is 26.7. The van der Waals surface area contributed by atoms with Gasteiger partial charge in [0.05, 0.1) is 5.41 Å². The number of esters is 1.